The van der Waals surface area contributed by atoms with Crippen LogP contribution in [-0.4, -0.2) is 52.5 Å². The number of rotatable bonds is 5. The van der Waals surface area contributed by atoms with Gasteiger partial charge in [0.25, 0.3) is 0 Å². The van der Waals surface area contributed by atoms with E-state index in [0.29, 0.717) is 16.0 Å². The summed E-state index contributed by atoms with van der Waals surface area (Å²) in [5.74, 6) is 0.680. The minimum Gasteiger partial charge on any atom is -0.329 e. The average molecular weight is 329 g/mol. The SMILES string of the molecule is C.CCCC(CCC)C(=O)N1CC2(CCN(C)CC2)SC1C. The highest BCUT2D eigenvalue weighted by Gasteiger charge is 2.46. The molecule has 2 saturated heterocycles. The Balaban J connectivity index is 0.00000242. The monoisotopic (exact) mass is 328 g/mol. The number of piperidine rings is 1. The Morgan fingerprint density at radius 3 is 2.27 bits per heavy atom. The largest absolute Gasteiger partial charge is 0.329 e. The second kappa shape index (κ2) is 8.58. The van der Waals surface area contributed by atoms with Crippen LogP contribution in [0.2, 0.25) is 0 Å². The maximum atomic E-state index is 12.9. The van der Waals surface area contributed by atoms with Crippen LogP contribution in [-0.2, 0) is 4.79 Å². The van der Waals surface area contributed by atoms with E-state index in [9.17, 15) is 4.79 Å². The van der Waals surface area contributed by atoms with Gasteiger partial charge in [-0.3, -0.25) is 4.79 Å². The summed E-state index contributed by atoms with van der Waals surface area (Å²) in [4.78, 5) is 17.5. The molecule has 0 radical (unpaired) electrons. The van der Waals surface area contributed by atoms with Crippen LogP contribution in [0.3, 0.4) is 0 Å². The van der Waals surface area contributed by atoms with Gasteiger partial charge >= 0.3 is 0 Å². The highest BCUT2D eigenvalue weighted by molar-refractivity contribution is 8.01. The first kappa shape index (κ1) is 19.8. The first-order chi connectivity index (χ1) is 10.0. The third-order valence-electron chi connectivity index (χ3n) is 5.12. The van der Waals surface area contributed by atoms with Crippen LogP contribution in [0.15, 0.2) is 0 Å². The maximum Gasteiger partial charge on any atom is 0.226 e. The molecule has 2 rings (SSSR count). The second-order valence-corrected chi connectivity index (χ2v) is 8.73. The summed E-state index contributed by atoms with van der Waals surface area (Å²) in [6, 6.07) is 0. The highest BCUT2D eigenvalue weighted by atomic mass is 32.2. The van der Waals surface area contributed by atoms with Gasteiger partial charge in [0, 0.05) is 17.2 Å². The standard InChI is InChI=1S/C17H32N2OS.CH4/c1-5-7-15(8-6-2)16(20)19-13-17(21-14(19)3)9-11-18(4)12-10-17;/h14-15H,5-13H2,1-4H3;1H4. The minimum absolute atomic E-state index is 0. The molecule has 0 bridgehead atoms. The molecule has 0 N–H and O–H groups in total. The number of amides is 1. The Kier molecular flexibility index (Phi) is 7.73. The number of hydrogen-bond acceptors (Lipinski definition) is 3. The topological polar surface area (TPSA) is 23.6 Å². The Bertz CT molecular complexity index is 347. The molecule has 130 valence electrons. The zero-order valence-electron chi connectivity index (χ0n) is 14.2. The molecule has 0 aromatic rings. The number of carbonyl (C=O) groups is 1. The first-order valence-electron chi connectivity index (χ1n) is 8.68. The summed E-state index contributed by atoms with van der Waals surface area (Å²) in [6.45, 7) is 9.94. The number of thioether (sulfide) groups is 1. The van der Waals surface area contributed by atoms with E-state index in [2.05, 4.69) is 49.4 Å². The molecule has 22 heavy (non-hydrogen) atoms. The molecule has 3 nitrogen and oxygen atoms in total. The molecule has 4 heteroatoms. The van der Waals surface area contributed by atoms with Gasteiger partial charge in [0.15, 0.2) is 0 Å². The number of hydrogen-bond donors (Lipinski definition) is 0. The fourth-order valence-electron chi connectivity index (χ4n) is 3.78. The van der Waals surface area contributed by atoms with Crippen molar-refractivity contribution in [3.05, 3.63) is 0 Å². The molecule has 1 atom stereocenters. The Morgan fingerprint density at radius 2 is 1.77 bits per heavy atom. The molecule has 1 unspecified atom stereocenters. The maximum absolute atomic E-state index is 12.9. The fourth-order valence-corrected chi connectivity index (χ4v) is 5.44. The molecule has 0 aromatic carbocycles. The van der Waals surface area contributed by atoms with Crippen molar-refractivity contribution in [3.8, 4) is 0 Å². The molecular weight excluding hydrogens is 292 g/mol. The summed E-state index contributed by atoms with van der Waals surface area (Å²) in [5.41, 5.74) is 0. The van der Waals surface area contributed by atoms with E-state index in [-0.39, 0.29) is 13.3 Å². The summed E-state index contributed by atoms with van der Waals surface area (Å²) in [7, 11) is 2.21. The number of carbonyl (C=O) groups excluding carboxylic acids is 1. The molecule has 0 aliphatic carbocycles. The van der Waals surface area contributed by atoms with Crippen LogP contribution in [0.25, 0.3) is 0 Å². The van der Waals surface area contributed by atoms with Gasteiger partial charge in [0.2, 0.25) is 5.91 Å². The Morgan fingerprint density at radius 1 is 1.23 bits per heavy atom. The molecule has 2 aliphatic rings. The van der Waals surface area contributed by atoms with Gasteiger partial charge in [-0.15, -0.1) is 11.8 Å². The molecule has 2 heterocycles. The normalized spacial score (nSPS) is 24.8. The van der Waals surface area contributed by atoms with E-state index >= 15 is 0 Å². The van der Waals surface area contributed by atoms with Gasteiger partial charge in [-0.05, 0) is 52.7 Å². The lowest BCUT2D eigenvalue weighted by Crippen LogP contribution is -2.45. The third-order valence-corrected chi connectivity index (χ3v) is 6.76. The van der Waals surface area contributed by atoms with Crippen LogP contribution in [0.4, 0.5) is 0 Å². The van der Waals surface area contributed by atoms with E-state index in [1.54, 1.807) is 0 Å². The molecule has 2 aliphatic heterocycles. The minimum atomic E-state index is 0. The fraction of sp³-hybridized carbons (Fsp3) is 0.944. The van der Waals surface area contributed by atoms with Crippen molar-refractivity contribution >= 4 is 17.7 Å². The predicted molar refractivity (Wildman–Crippen MR) is 98.3 cm³/mol. The van der Waals surface area contributed by atoms with Crippen molar-refractivity contribution in [2.24, 2.45) is 5.92 Å². The molecule has 0 aromatic heterocycles. The zero-order chi connectivity index (χ0) is 15.5. The summed E-state index contributed by atoms with van der Waals surface area (Å²) in [6.07, 6.45) is 6.79. The van der Waals surface area contributed by atoms with Gasteiger partial charge < -0.3 is 9.80 Å². The summed E-state index contributed by atoms with van der Waals surface area (Å²) in [5, 5.41) is 0.358. The van der Waals surface area contributed by atoms with Crippen molar-refractivity contribution in [1.82, 2.24) is 9.80 Å². The van der Waals surface area contributed by atoms with Crippen molar-refractivity contribution in [2.45, 2.75) is 76.8 Å². The smallest absolute Gasteiger partial charge is 0.226 e. The average Bonchev–Trinajstić information content (AvgIpc) is 2.78. The number of nitrogens with zero attached hydrogens (tertiary/aromatic N) is 2. The van der Waals surface area contributed by atoms with Crippen LogP contribution in [0.5, 0.6) is 0 Å². The number of likely N-dealkylation sites (tertiary alicyclic amines) is 1. The van der Waals surface area contributed by atoms with Crippen molar-refractivity contribution in [3.63, 3.8) is 0 Å². The van der Waals surface area contributed by atoms with E-state index in [1.165, 1.54) is 25.9 Å². The van der Waals surface area contributed by atoms with Crippen LogP contribution < -0.4 is 0 Å². The molecular formula is C18H36N2OS. The van der Waals surface area contributed by atoms with Crippen LogP contribution in [0, 0.1) is 5.92 Å². The van der Waals surface area contributed by atoms with Crippen molar-refractivity contribution < 1.29 is 4.79 Å². The first-order valence-corrected chi connectivity index (χ1v) is 9.56. The van der Waals surface area contributed by atoms with Crippen molar-refractivity contribution in [2.75, 3.05) is 26.7 Å². The van der Waals surface area contributed by atoms with E-state index < -0.39 is 0 Å². The van der Waals surface area contributed by atoms with Gasteiger partial charge in [-0.2, -0.15) is 0 Å². The quantitative estimate of drug-likeness (QED) is 0.755. The lowest BCUT2D eigenvalue weighted by Gasteiger charge is -2.36. The van der Waals surface area contributed by atoms with Gasteiger partial charge in [-0.25, -0.2) is 0 Å². The Hall–Kier alpha value is -0.220. The van der Waals surface area contributed by atoms with Crippen LogP contribution >= 0.6 is 11.8 Å². The molecule has 0 saturated carbocycles. The van der Waals surface area contributed by atoms with Crippen LogP contribution in [0.1, 0.15) is 66.7 Å². The van der Waals surface area contributed by atoms with Gasteiger partial charge in [0.05, 0.1) is 5.37 Å². The van der Waals surface area contributed by atoms with Gasteiger partial charge in [-0.1, -0.05) is 34.1 Å². The second-order valence-electron chi connectivity index (χ2n) is 6.94. The van der Waals surface area contributed by atoms with E-state index in [0.717, 1.165) is 32.2 Å². The lowest BCUT2D eigenvalue weighted by molar-refractivity contribution is -0.136. The molecule has 1 spiro atoms. The summed E-state index contributed by atoms with van der Waals surface area (Å²) < 4.78 is 0.338. The van der Waals surface area contributed by atoms with E-state index in [4.69, 9.17) is 0 Å². The lowest BCUT2D eigenvalue weighted by atomic mass is 9.93. The summed E-state index contributed by atoms with van der Waals surface area (Å²) >= 11 is 2.06. The third kappa shape index (κ3) is 4.41. The zero-order valence-corrected chi connectivity index (χ0v) is 15.0. The highest BCUT2D eigenvalue weighted by Crippen LogP contribution is 2.46. The Labute approximate surface area is 142 Å². The van der Waals surface area contributed by atoms with Crippen molar-refractivity contribution in [1.29, 1.82) is 0 Å². The van der Waals surface area contributed by atoms with Gasteiger partial charge in [0.1, 0.15) is 0 Å². The van der Waals surface area contributed by atoms with E-state index in [1.807, 2.05) is 0 Å². The molecule has 1 amide bonds. The predicted octanol–water partition coefficient (Wildman–Crippen LogP) is 4.22. The molecule has 2 fully saturated rings.